The summed E-state index contributed by atoms with van der Waals surface area (Å²) in [4.78, 5) is 14.1. The molecule has 1 saturated heterocycles. The van der Waals surface area contributed by atoms with Gasteiger partial charge in [0.05, 0.1) is 6.04 Å². The summed E-state index contributed by atoms with van der Waals surface area (Å²) in [5.74, 6) is 0.908. The number of benzene rings is 1. The summed E-state index contributed by atoms with van der Waals surface area (Å²) in [5.41, 5.74) is 0. The van der Waals surface area contributed by atoms with Crippen molar-refractivity contribution < 1.29 is 18.7 Å². The number of carbonyl (C=O) groups excluding carboxylic acids is 1. The highest BCUT2D eigenvalue weighted by molar-refractivity contribution is 5.78. The van der Waals surface area contributed by atoms with Crippen molar-refractivity contribution in [1.29, 1.82) is 0 Å². The summed E-state index contributed by atoms with van der Waals surface area (Å²) in [5, 5.41) is 0. The topological polar surface area (TPSA) is 38.8 Å². The number of ether oxygens (including phenoxy) is 2. The average molecular weight is 293 g/mol. The normalized spacial score (nSPS) is 27.1. The van der Waals surface area contributed by atoms with E-state index >= 15 is 0 Å². The van der Waals surface area contributed by atoms with E-state index in [-0.39, 0.29) is 24.4 Å². The number of fused-ring (bicyclic) bond motifs is 2. The Hall–Kier alpha value is -1.62. The van der Waals surface area contributed by atoms with Crippen LogP contribution in [0.4, 0.5) is 4.39 Å². The molecule has 1 aliphatic carbocycles. The Balaban J connectivity index is 1.65. The van der Waals surface area contributed by atoms with Gasteiger partial charge in [-0.15, -0.1) is 0 Å². The van der Waals surface area contributed by atoms with E-state index in [1.165, 1.54) is 19.2 Å². The van der Waals surface area contributed by atoms with E-state index in [4.69, 9.17) is 9.47 Å². The molecule has 1 heterocycles. The standard InChI is InChI=1S/C16H20FNO3/c1-20-10-16(19)18-13-5-2-11(8-13)15(18)9-21-14-6-3-12(17)4-7-14/h3-4,6-7,11,13,15H,2,5,8-10H2,1H3/t11-,13+,15-/m0/s1. The first-order chi connectivity index (χ1) is 10.2. The molecule has 5 heteroatoms. The van der Waals surface area contributed by atoms with E-state index in [1.807, 2.05) is 4.90 Å². The number of carbonyl (C=O) groups is 1. The number of amides is 1. The molecule has 114 valence electrons. The monoisotopic (exact) mass is 293 g/mol. The third-order valence-electron chi connectivity index (χ3n) is 4.53. The second-order valence-corrected chi connectivity index (χ2v) is 5.79. The fourth-order valence-corrected chi connectivity index (χ4v) is 3.61. The van der Waals surface area contributed by atoms with Crippen LogP contribution in [0, 0.1) is 11.7 Å². The van der Waals surface area contributed by atoms with Gasteiger partial charge >= 0.3 is 0 Å². The molecule has 2 fully saturated rings. The predicted octanol–water partition coefficient (Wildman–Crippen LogP) is 2.23. The molecule has 3 rings (SSSR count). The molecular formula is C16H20FNO3. The lowest BCUT2D eigenvalue weighted by Gasteiger charge is -2.35. The van der Waals surface area contributed by atoms with Crippen LogP contribution in [0.3, 0.4) is 0 Å². The fourth-order valence-electron chi connectivity index (χ4n) is 3.61. The van der Waals surface area contributed by atoms with Crippen LogP contribution >= 0.6 is 0 Å². The van der Waals surface area contributed by atoms with E-state index in [0.717, 1.165) is 19.3 Å². The number of hydrogen-bond donors (Lipinski definition) is 0. The number of likely N-dealkylation sites (tertiary alicyclic amines) is 1. The quantitative estimate of drug-likeness (QED) is 0.835. The van der Waals surface area contributed by atoms with Crippen LogP contribution in [0.15, 0.2) is 24.3 Å². The number of rotatable bonds is 5. The average Bonchev–Trinajstić information content (AvgIpc) is 3.07. The van der Waals surface area contributed by atoms with E-state index < -0.39 is 0 Å². The fraction of sp³-hybridized carbons (Fsp3) is 0.562. The van der Waals surface area contributed by atoms with Crippen LogP contribution in [-0.2, 0) is 9.53 Å². The van der Waals surface area contributed by atoms with Crippen LogP contribution in [0.5, 0.6) is 5.75 Å². The van der Waals surface area contributed by atoms with Gasteiger partial charge in [-0.05, 0) is 49.4 Å². The lowest BCUT2D eigenvalue weighted by Crippen LogP contribution is -2.49. The Morgan fingerprint density at radius 1 is 1.33 bits per heavy atom. The van der Waals surface area contributed by atoms with Crippen molar-refractivity contribution in [3.05, 3.63) is 30.1 Å². The summed E-state index contributed by atoms with van der Waals surface area (Å²) in [7, 11) is 1.54. The number of piperidine rings is 1. The first-order valence-electron chi connectivity index (χ1n) is 7.37. The Bertz CT molecular complexity index is 505. The van der Waals surface area contributed by atoms with E-state index in [9.17, 15) is 9.18 Å². The summed E-state index contributed by atoms with van der Waals surface area (Å²) in [6, 6.07) is 6.43. The maximum atomic E-state index is 12.9. The zero-order chi connectivity index (χ0) is 14.8. The van der Waals surface area contributed by atoms with Crippen molar-refractivity contribution in [2.24, 2.45) is 5.92 Å². The van der Waals surface area contributed by atoms with Gasteiger partial charge in [0.2, 0.25) is 5.91 Å². The van der Waals surface area contributed by atoms with Gasteiger partial charge in [-0.25, -0.2) is 4.39 Å². The molecule has 0 spiro atoms. The molecule has 21 heavy (non-hydrogen) atoms. The van der Waals surface area contributed by atoms with Crippen molar-refractivity contribution in [3.63, 3.8) is 0 Å². The van der Waals surface area contributed by atoms with Crippen molar-refractivity contribution in [2.45, 2.75) is 31.3 Å². The maximum absolute atomic E-state index is 12.9. The highest BCUT2D eigenvalue weighted by Gasteiger charge is 2.48. The summed E-state index contributed by atoms with van der Waals surface area (Å²) < 4.78 is 23.6. The van der Waals surface area contributed by atoms with E-state index in [2.05, 4.69) is 0 Å². The van der Waals surface area contributed by atoms with Crippen molar-refractivity contribution >= 4 is 5.91 Å². The molecule has 0 unspecified atom stereocenters. The molecule has 2 aliphatic rings. The minimum absolute atomic E-state index is 0.0393. The predicted molar refractivity (Wildman–Crippen MR) is 75.5 cm³/mol. The van der Waals surface area contributed by atoms with Crippen LogP contribution in [0.25, 0.3) is 0 Å². The van der Waals surface area contributed by atoms with Crippen LogP contribution in [0.1, 0.15) is 19.3 Å². The molecule has 1 aromatic carbocycles. The summed E-state index contributed by atoms with van der Waals surface area (Å²) >= 11 is 0. The minimum Gasteiger partial charge on any atom is -0.491 e. The van der Waals surface area contributed by atoms with Gasteiger partial charge in [0, 0.05) is 13.2 Å². The molecule has 1 saturated carbocycles. The van der Waals surface area contributed by atoms with Gasteiger partial charge in [0.15, 0.2) is 0 Å². The molecule has 0 radical (unpaired) electrons. The Kier molecular flexibility index (Phi) is 4.10. The largest absolute Gasteiger partial charge is 0.491 e. The van der Waals surface area contributed by atoms with Crippen molar-refractivity contribution in [3.8, 4) is 5.75 Å². The number of methoxy groups -OCH3 is 1. The molecule has 0 N–H and O–H groups in total. The van der Waals surface area contributed by atoms with Crippen LogP contribution < -0.4 is 4.74 Å². The van der Waals surface area contributed by atoms with Crippen LogP contribution in [-0.4, -0.2) is 43.2 Å². The highest BCUT2D eigenvalue weighted by Crippen LogP contribution is 2.42. The lowest BCUT2D eigenvalue weighted by atomic mass is 9.99. The molecule has 3 atom stereocenters. The first kappa shape index (κ1) is 14.3. The van der Waals surface area contributed by atoms with E-state index in [0.29, 0.717) is 24.3 Å². The van der Waals surface area contributed by atoms with Crippen molar-refractivity contribution in [1.82, 2.24) is 4.90 Å². The van der Waals surface area contributed by atoms with Gasteiger partial charge < -0.3 is 14.4 Å². The Morgan fingerprint density at radius 2 is 2.10 bits per heavy atom. The third-order valence-corrected chi connectivity index (χ3v) is 4.53. The number of hydrogen-bond acceptors (Lipinski definition) is 3. The zero-order valence-corrected chi connectivity index (χ0v) is 12.1. The molecule has 1 aliphatic heterocycles. The highest BCUT2D eigenvalue weighted by atomic mass is 19.1. The molecule has 1 aromatic rings. The summed E-state index contributed by atoms with van der Waals surface area (Å²) in [6.45, 7) is 0.582. The molecule has 1 amide bonds. The maximum Gasteiger partial charge on any atom is 0.249 e. The van der Waals surface area contributed by atoms with Gasteiger partial charge in [-0.2, -0.15) is 0 Å². The number of nitrogens with zero attached hydrogens (tertiary/aromatic N) is 1. The first-order valence-corrected chi connectivity index (χ1v) is 7.37. The minimum atomic E-state index is -0.279. The Labute approximate surface area is 123 Å². The lowest BCUT2D eigenvalue weighted by molar-refractivity contribution is -0.140. The van der Waals surface area contributed by atoms with Gasteiger partial charge in [0.1, 0.15) is 24.8 Å². The molecule has 4 nitrogen and oxygen atoms in total. The van der Waals surface area contributed by atoms with Gasteiger partial charge in [0.25, 0.3) is 0 Å². The van der Waals surface area contributed by atoms with E-state index in [1.54, 1.807) is 12.1 Å². The van der Waals surface area contributed by atoms with Gasteiger partial charge in [-0.3, -0.25) is 4.79 Å². The molecular weight excluding hydrogens is 273 g/mol. The number of halogens is 1. The van der Waals surface area contributed by atoms with Crippen LogP contribution in [0.2, 0.25) is 0 Å². The summed E-state index contributed by atoms with van der Waals surface area (Å²) in [6.07, 6.45) is 3.29. The zero-order valence-electron chi connectivity index (χ0n) is 12.1. The second kappa shape index (κ2) is 6.02. The Morgan fingerprint density at radius 3 is 2.81 bits per heavy atom. The SMILES string of the molecule is COCC(=O)N1[C@@H]2CC[C@@H](C2)[C@@H]1COc1ccc(F)cc1. The van der Waals surface area contributed by atoms with Gasteiger partial charge in [-0.1, -0.05) is 0 Å². The second-order valence-electron chi connectivity index (χ2n) is 5.79. The van der Waals surface area contributed by atoms with Crippen molar-refractivity contribution in [2.75, 3.05) is 20.3 Å². The smallest absolute Gasteiger partial charge is 0.249 e. The molecule has 0 aromatic heterocycles. The third kappa shape index (κ3) is 2.88. The molecule has 2 bridgehead atoms.